The van der Waals surface area contributed by atoms with E-state index >= 15 is 0 Å². The van der Waals surface area contributed by atoms with Gasteiger partial charge in [0.15, 0.2) is 0 Å². The summed E-state index contributed by atoms with van der Waals surface area (Å²) < 4.78 is 0. The van der Waals surface area contributed by atoms with E-state index in [1.54, 1.807) is 0 Å². The summed E-state index contributed by atoms with van der Waals surface area (Å²) in [6.07, 6.45) is 1.67. The van der Waals surface area contributed by atoms with Crippen molar-refractivity contribution >= 4 is 0 Å². The van der Waals surface area contributed by atoms with E-state index in [1.807, 2.05) is 20.8 Å². The predicted molar refractivity (Wildman–Crippen MR) is 50.9 cm³/mol. The van der Waals surface area contributed by atoms with Crippen LogP contribution in [0.15, 0.2) is 0 Å². The quantitative estimate of drug-likeness (QED) is 0.667. The molecule has 0 amide bonds. The maximum Gasteiger partial charge on any atom is 0.0717 e. The van der Waals surface area contributed by atoms with Gasteiger partial charge in [-0.3, -0.25) is 0 Å². The lowest BCUT2D eigenvalue weighted by Gasteiger charge is -2.37. The van der Waals surface area contributed by atoms with Gasteiger partial charge >= 0.3 is 0 Å². The second-order valence-electron chi connectivity index (χ2n) is 3.74. The van der Waals surface area contributed by atoms with Crippen LogP contribution < -0.4 is 0 Å². The minimum atomic E-state index is -0.691. The normalized spacial score (nSPS) is 21.5. The van der Waals surface area contributed by atoms with Gasteiger partial charge in [-0.2, -0.15) is 0 Å². The van der Waals surface area contributed by atoms with E-state index in [4.69, 9.17) is 5.11 Å². The maximum atomic E-state index is 10.2. The summed E-state index contributed by atoms with van der Waals surface area (Å²) in [6.45, 7) is 8.04. The fourth-order valence-electron chi connectivity index (χ4n) is 1.69. The fraction of sp³-hybridized carbons (Fsp3) is 1.00. The largest absolute Gasteiger partial charge is 0.396 e. The van der Waals surface area contributed by atoms with E-state index in [1.165, 1.54) is 0 Å². The second kappa shape index (κ2) is 4.83. The highest BCUT2D eigenvalue weighted by Gasteiger charge is 2.35. The summed E-state index contributed by atoms with van der Waals surface area (Å²) in [7, 11) is 0. The van der Waals surface area contributed by atoms with Gasteiger partial charge in [-0.1, -0.05) is 34.1 Å². The molecule has 2 heteroatoms. The highest BCUT2D eigenvalue weighted by molar-refractivity contribution is 4.86. The molecular weight excluding hydrogens is 152 g/mol. The average Bonchev–Trinajstić information content (AvgIpc) is 2.13. The smallest absolute Gasteiger partial charge is 0.0717 e. The summed E-state index contributed by atoms with van der Waals surface area (Å²) in [5.74, 6) is 0.224. The molecule has 0 aromatic heterocycles. The molecule has 0 rings (SSSR count). The van der Waals surface area contributed by atoms with E-state index in [-0.39, 0.29) is 18.4 Å². The third kappa shape index (κ3) is 2.20. The number of hydrogen-bond donors (Lipinski definition) is 2. The molecule has 0 aromatic carbocycles. The molecule has 12 heavy (non-hydrogen) atoms. The monoisotopic (exact) mass is 174 g/mol. The predicted octanol–water partition coefficient (Wildman–Crippen LogP) is 1.80. The van der Waals surface area contributed by atoms with Gasteiger partial charge in [0.05, 0.1) is 5.60 Å². The highest BCUT2D eigenvalue weighted by atomic mass is 16.3. The molecule has 3 atom stereocenters. The van der Waals surface area contributed by atoms with Crippen molar-refractivity contribution in [1.82, 2.24) is 0 Å². The van der Waals surface area contributed by atoms with Gasteiger partial charge in [-0.05, 0) is 12.3 Å². The molecular formula is C10H22O2. The van der Waals surface area contributed by atoms with Crippen molar-refractivity contribution in [3.05, 3.63) is 0 Å². The molecule has 0 spiro atoms. The van der Waals surface area contributed by atoms with Crippen molar-refractivity contribution in [2.24, 2.45) is 11.8 Å². The Hall–Kier alpha value is -0.0800. The summed E-state index contributed by atoms with van der Waals surface area (Å²) in [6, 6.07) is 0. The summed E-state index contributed by atoms with van der Waals surface area (Å²) in [5, 5.41) is 19.2. The Labute approximate surface area is 75.6 Å². The molecule has 0 heterocycles. The van der Waals surface area contributed by atoms with Gasteiger partial charge in [0.2, 0.25) is 0 Å². The van der Waals surface area contributed by atoms with Crippen LogP contribution in [-0.4, -0.2) is 22.4 Å². The molecule has 0 saturated heterocycles. The maximum absolute atomic E-state index is 10.2. The summed E-state index contributed by atoms with van der Waals surface area (Å²) in [4.78, 5) is 0. The first-order chi connectivity index (χ1) is 5.52. The van der Waals surface area contributed by atoms with Crippen molar-refractivity contribution in [2.75, 3.05) is 6.61 Å². The van der Waals surface area contributed by atoms with Crippen LogP contribution in [0.5, 0.6) is 0 Å². The number of hydrogen-bond acceptors (Lipinski definition) is 2. The summed E-state index contributed by atoms with van der Waals surface area (Å²) in [5.41, 5.74) is -0.691. The van der Waals surface area contributed by atoms with Gasteiger partial charge < -0.3 is 10.2 Å². The lowest BCUT2D eigenvalue weighted by atomic mass is 9.76. The first-order valence-electron chi connectivity index (χ1n) is 4.86. The van der Waals surface area contributed by atoms with E-state index < -0.39 is 5.60 Å². The van der Waals surface area contributed by atoms with Crippen molar-refractivity contribution in [3.8, 4) is 0 Å². The zero-order valence-electron chi connectivity index (χ0n) is 8.67. The minimum absolute atomic E-state index is 0.0301. The third-order valence-corrected chi connectivity index (χ3v) is 3.16. The van der Waals surface area contributed by atoms with Crippen molar-refractivity contribution in [3.63, 3.8) is 0 Å². The summed E-state index contributed by atoms with van der Waals surface area (Å²) >= 11 is 0. The Morgan fingerprint density at radius 3 is 1.92 bits per heavy atom. The number of aliphatic hydroxyl groups is 2. The SMILES string of the molecule is CCC(C)C(O)(CC)C(C)CO. The lowest BCUT2D eigenvalue weighted by molar-refractivity contribution is -0.0777. The zero-order chi connectivity index (χ0) is 9.78. The zero-order valence-corrected chi connectivity index (χ0v) is 8.67. The Morgan fingerprint density at radius 1 is 1.17 bits per heavy atom. The molecule has 0 aliphatic rings. The molecule has 3 unspecified atom stereocenters. The molecule has 74 valence electrons. The molecule has 0 saturated carbocycles. The van der Waals surface area contributed by atoms with Crippen LogP contribution in [0.1, 0.15) is 40.5 Å². The Balaban J connectivity index is 4.42. The molecule has 0 fully saturated rings. The molecule has 2 N–H and O–H groups in total. The van der Waals surface area contributed by atoms with Crippen molar-refractivity contribution < 1.29 is 10.2 Å². The third-order valence-electron chi connectivity index (χ3n) is 3.16. The van der Waals surface area contributed by atoms with Crippen LogP contribution >= 0.6 is 0 Å². The standard InChI is InChI=1S/C10H22O2/c1-5-8(3)10(12,6-2)9(4)7-11/h8-9,11-12H,5-7H2,1-4H3. The Morgan fingerprint density at radius 2 is 1.67 bits per heavy atom. The van der Waals surface area contributed by atoms with Crippen molar-refractivity contribution in [1.29, 1.82) is 0 Å². The van der Waals surface area contributed by atoms with Gasteiger partial charge in [0, 0.05) is 12.5 Å². The van der Waals surface area contributed by atoms with Crippen LogP contribution in [0.3, 0.4) is 0 Å². The topological polar surface area (TPSA) is 40.5 Å². The first-order valence-corrected chi connectivity index (χ1v) is 4.86. The van der Waals surface area contributed by atoms with Crippen LogP contribution in [0.25, 0.3) is 0 Å². The van der Waals surface area contributed by atoms with Gasteiger partial charge in [-0.15, -0.1) is 0 Å². The minimum Gasteiger partial charge on any atom is -0.396 e. The fourth-order valence-corrected chi connectivity index (χ4v) is 1.69. The Kier molecular flexibility index (Phi) is 4.80. The van der Waals surface area contributed by atoms with Crippen LogP contribution in [0, 0.1) is 11.8 Å². The van der Waals surface area contributed by atoms with Crippen LogP contribution in [0.2, 0.25) is 0 Å². The van der Waals surface area contributed by atoms with Crippen LogP contribution in [0.4, 0.5) is 0 Å². The molecule has 0 radical (unpaired) electrons. The first kappa shape index (κ1) is 11.9. The van der Waals surface area contributed by atoms with Gasteiger partial charge in [0.25, 0.3) is 0 Å². The molecule has 0 bridgehead atoms. The van der Waals surface area contributed by atoms with E-state index in [2.05, 4.69) is 6.92 Å². The molecule has 2 nitrogen and oxygen atoms in total. The molecule has 0 aliphatic heterocycles. The lowest BCUT2D eigenvalue weighted by Crippen LogP contribution is -2.43. The van der Waals surface area contributed by atoms with Gasteiger partial charge in [-0.25, -0.2) is 0 Å². The van der Waals surface area contributed by atoms with E-state index in [9.17, 15) is 5.11 Å². The highest BCUT2D eigenvalue weighted by Crippen LogP contribution is 2.31. The number of aliphatic hydroxyl groups excluding tert-OH is 1. The average molecular weight is 174 g/mol. The van der Waals surface area contributed by atoms with E-state index in [0.29, 0.717) is 6.42 Å². The van der Waals surface area contributed by atoms with E-state index in [0.717, 1.165) is 6.42 Å². The molecule has 0 aliphatic carbocycles. The molecule has 0 aromatic rings. The van der Waals surface area contributed by atoms with Gasteiger partial charge in [0.1, 0.15) is 0 Å². The Bertz CT molecular complexity index is 113. The van der Waals surface area contributed by atoms with Crippen LogP contribution in [-0.2, 0) is 0 Å². The second-order valence-corrected chi connectivity index (χ2v) is 3.74. The van der Waals surface area contributed by atoms with Crippen molar-refractivity contribution in [2.45, 2.75) is 46.1 Å². The number of rotatable bonds is 5.